The molecule has 3 nitrogen and oxygen atoms in total. The zero-order valence-corrected chi connectivity index (χ0v) is 10.7. The molecule has 0 bridgehead atoms. The quantitative estimate of drug-likeness (QED) is 0.595. The minimum atomic E-state index is -0.802. The van der Waals surface area contributed by atoms with Crippen molar-refractivity contribution in [2.45, 2.75) is 6.42 Å². The summed E-state index contributed by atoms with van der Waals surface area (Å²) in [6, 6.07) is 3.44. The van der Waals surface area contributed by atoms with E-state index in [9.17, 15) is 13.6 Å². The second-order valence-electron chi connectivity index (χ2n) is 4.21. The molecule has 0 radical (unpaired) electrons. The van der Waals surface area contributed by atoms with Gasteiger partial charge in [-0.2, -0.15) is 0 Å². The minimum absolute atomic E-state index is 0.0154. The topological polar surface area (TPSA) is 32.3 Å². The van der Waals surface area contributed by atoms with Crippen molar-refractivity contribution >= 4 is 5.78 Å². The molecular weight excluding hydrogens is 238 g/mol. The fourth-order valence-corrected chi connectivity index (χ4v) is 1.69. The average molecular weight is 256 g/mol. The van der Waals surface area contributed by atoms with E-state index in [0.29, 0.717) is 6.54 Å². The molecule has 0 spiro atoms. The van der Waals surface area contributed by atoms with E-state index in [2.05, 4.69) is 5.32 Å². The molecule has 1 N–H and O–H groups in total. The van der Waals surface area contributed by atoms with E-state index in [4.69, 9.17) is 0 Å². The van der Waals surface area contributed by atoms with Crippen LogP contribution in [0.25, 0.3) is 0 Å². The lowest BCUT2D eigenvalue weighted by atomic mass is 10.1. The molecule has 0 aliphatic carbocycles. The number of hydrogen-bond acceptors (Lipinski definition) is 3. The molecule has 18 heavy (non-hydrogen) atoms. The van der Waals surface area contributed by atoms with Gasteiger partial charge in [-0.05, 0) is 45.7 Å². The third-order valence-electron chi connectivity index (χ3n) is 2.62. The number of nitrogens with one attached hydrogen (secondary N) is 1. The lowest BCUT2D eigenvalue weighted by Crippen LogP contribution is -2.29. The van der Waals surface area contributed by atoms with E-state index in [-0.39, 0.29) is 6.54 Å². The summed E-state index contributed by atoms with van der Waals surface area (Å²) in [4.78, 5) is 13.5. The number of carbonyl (C=O) groups is 1. The van der Waals surface area contributed by atoms with Crippen LogP contribution in [0.5, 0.6) is 0 Å². The maximum absolute atomic E-state index is 13.4. The molecular formula is C13H18F2N2O. The molecule has 1 aromatic carbocycles. The number of halogens is 2. The summed E-state index contributed by atoms with van der Waals surface area (Å²) in [6.07, 6.45) is 0.875. The Bertz CT molecular complexity index is 390. The summed E-state index contributed by atoms with van der Waals surface area (Å²) in [6.45, 7) is 1.55. The third kappa shape index (κ3) is 4.16. The first-order chi connectivity index (χ1) is 8.56. The van der Waals surface area contributed by atoms with Crippen LogP contribution in [-0.2, 0) is 0 Å². The highest BCUT2D eigenvalue weighted by molar-refractivity contribution is 5.98. The summed E-state index contributed by atoms with van der Waals surface area (Å²) < 4.78 is 26.7. The molecule has 5 heteroatoms. The molecule has 1 aromatic rings. The van der Waals surface area contributed by atoms with Crippen LogP contribution >= 0.6 is 0 Å². The van der Waals surface area contributed by atoms with Crippen LogP contribution in [0, 0.1) is 11.6 Å². The van der Waals surface area contributed by atoms with Gasteiger partial charge in [0.15, 0.2) is 5.78 Å². The normalized spacial score (nSPS) is 10.9. The molecule has 0 unspecified atom stereocenters. The van der Waals surface area contributed by atoms with Gasteiger partial charge in [-0.1, -0.05) is 6.07 Å². The zero-order valence-electron chi connectivity index (χ0n) is 10.7. The third-order valence-corrected chi connectivity index (χ3v) is 2.62. The van der Waals surface area contributed by atoms with E-state index in [1.807, 2.05) is 7.05 Å². The van der Waals surface area contributed by atoms with Gasteiger partial charge in [-0.3, -0.25) is 9.69 Å². The van der Waals surface area contributed by atoms with Crippen LogP contribution in [0.15, 0.2) is 18.2 Å². The van der Waals surface area contributed by atoms with Crippen molar-refractivity contribution in [3.05, 3.63) is 35.4 Å². The maximum Gasteiger partial charge on any atom is 0.182 e. The highest BCUT2D eigenvalue weighted by Gasteiger charge is 2.17. The van der Waals surface area contributed by atoms with Gasteiger partial charge in [0.2, 0.25) is 0 Å². The summed E-state index contributed by atoms with van der Waals surface area (Å²) in [5.74, 6) is -2.13. The smallest absolute Gasteiger partial charge is 0.182 e. The lowest BCUT2D eigenvalue weighted by Gasteiger charge is -2.15. The fourth-order valence-electron chi connectivity index (χ4n) is 1.69. The van der Waals surface area contributed by atoms with Gasteiger partial charge < -0.3 is 5.32 Å². The monoisotopic (exact) mass is 256 g/mol. The Morgan fingerprint density at radius 3 is 2.50 bits per heavy atom. The average Bonchev–Trinajstić information content (AvgIpc) is 2.29. The predicted molar refractivity (Wildman–Crippen MR) is 66.7 cm³/mol. The van der Waals surface area contributed by atoms with Gasteiger partial charge in [0, 0.05) is 0 Å². The number of ketones is 1. The Balaban J connectivity index is 2.60. The summed E-state index contributed by atoms with van der Waals surface area (Å²) in [7, 11) is 3.60. The molecule has 0 saturated heterocycles. The van der Waals surface area contributed by atoms with Gasteiger partial charge in [-0.15, -0.1) is 0 Å². The summed E-state index contributed by atoms with van der Waals surface area (Å²) in [5, 5.41) is 2.99. The standard InChI is InChI=1S/C13H18F2N2O/c1-16-7-4-8-17(2)9-12(18)13-10(14)5-3-6-11(13)15/h3,5-6,16H,4,7-9H2,1-2H3. The van der Waals surface area contributed by atoms with Crippen molar-refractivity contribution < 1.29 is 13.6 Å². The van der Waals surface area contributed by atoms with Crippen LogP contribution in [0.4, 0.5) is 8.78 Å². The molecule has 1 rings (SSSR count). The number of likely N-dealkylation sites (N-methyl/N-ethyl adjacent to an activating group) is 1. The van der Waals surface area contributed by atoms with Crippen LogP contribution in [0.2, 0.25) is 0 Å². The number of hydrogen-bond donors (Lipinski definition) is 1. The minimum Gasteiger partial charge on any atom is -0.320 e. The highest BCUT2D eigenvalue weighted by atomic mass is 19.1. The molecule has 0 atom stereocenters. The first-order valence-corrected chi connectivity index (χ1v) is 5.86. The van der Waals surface area contributed by atoms with Gasteiger partial charge >= 0.3 is 0 Å². The van der Waals surface area contributed by atoms with Crippen molar-refractivity contribution in [3.8, 4) is 0 Å². The molecule has 0 aliphatic heterocycles. The van der Waals surface area contributed by atoms with E-state index < -0.39 is 23.0 Å². The Hall–Kier alpha value is -1.33. The molecule has 0 aliphatic rings. The lowest BCUT2D eigenvalue weighted by molar-refractivity contribution is 0.0937. The van der Waals surface area contributed by atoms with Gasteiger partial charge in [0.25, 0.3) is 0 Å². The number of benzene rings is 1. The van der Waals surface area contributed by atoms with E-state index in [0.717, 1.165) is 25.1 Å². The Kier molecular flexibility index (Phi) is 5.88. The first kappa shape index (κ1) is 14.7. The number of Topliss-reactive ketones (excluding diaryl/α,β-unsaturated/α-hetero) is 1. The predicted octanol–water partition coefficient (Wildman–Crippen LogP) is 1.69. The van der Waals surface area contributed by atoms with Crippen LogP contribution in [-0.4, -0.2) is 44.4 Å². The molecule has 100 valence electrons. The zero-order chi connectivity index (χ0) is 13.5. The van der Waals surface area contributed by atoms with Gasteiger partial charge in [-0.25, -0.2) is 8.78 Å². The second kappa shape index (κ2) is 7.18. The van der Waals surface area contributed by atoms with E-state index in [1.54, 1.807) is 11.9 Å². The fraction of sp³-hybridized carbons (Fsp3) is 0.462. The van der Waals surface area contributed by atoms with Crippen molar-refractivity contribution in [2.24, 2.45) is 0 Å². The van der Waals surface area contributed by atoms with Crippen LogP contribution in [0.1, 0.15) is 16.8 Å². The number of carbonyl (C=O) groups excluding carboxylic acids is 1. The Labute approximate surface area is 106 Å². The summed E-state index contributed by atoms with van der Waals surface area (Å²) in [5.41, 5.74) is -0.446. The molecule has 0 heterocycles. The first-order valence-electron chi connectivity index (χ1n) is 5.86. The van der Waals surface area contributed by atoms with Gasteiger partial charge in [0.1, 0.15) is 11.6 Å². The molecule has 0 aromatic heterocycles. The Morgan fingerprint density at radius 1 is 1.33 bits per heavy atom. The second-order valence-corrected chi connectivity index (χ2v) is 4.21. The molecule has 0 saturated carbocycles. The number of rotatable bonds is 7. The van der Waals surface area contributed by atoms with E-state index in [1.165, 1.54) is 6.07 Å². The molecule has 0 fully saturated rings. The largest absolute Gasteiger partial charge is 0.320 e. The molecule has 0 amide bonds. The maximum atomic E-state index is 13.4. The van der Waals surface area contributed by atoms with Crippen molar-refractivity contribution in [1.29, 1.82) is 0 Å². The highest BCUT2D eigenvalue weighted by Crippen LogP contribution is 2.13. The van der Waals surface area contributed by atoms with Crippen molar-refractivity contribution in [1.82, 2.24) is 10.2 Å². The van der Waals surface area contributed by atoms with Crippen LogP contribution in [0.3, 0.4) is 0 Å². The number of nitrogens with zero attached hydrogens (tertiary/aromatic N) is 1. The van der Waals surface area contributed by atoms with Gasteiger partial charge in [0.05, 0.1) is 12.1 Å². The Morgan fingerprint density at radius 2 is 1.94 bits per heavy atom. The van der Waals surface area contributed by atoms with Crippen molar-refractivity contribution in [3.63, 3.8) is 0 Å². The van der Waals surface area contributed by atoms with E-state index >= 15 is 0 Å². The van der Waals surface area contributed by atoms with Crippen LogP contribution < -0.4 is 5.32 Å². The SMILES string of the molecule is CNCCCN(C)CC(=O)c1c(F)cccc1F. The van der Waals surface area contributed by atoms with Crippen molar-refractivity contribution in [2.75, 3.05) is 33.7 Å². The summed E-state index contributed by atoms with van der Waals surface area (Å²) >= 11 is 0.